The van der Waals surface area contributed by atoms with Gasteiger partial charge >= 0.3 is 5.97 Å². The Morgan fingerprint density at radius 2 is 1.80 bits per heavy atom. The molecule has 2 aromatic carbocycles. The van der Waals surface area contributed by atoms with Crippen molar-refractivity contribution in [2.24, 2.45) is 0 Å². The van der Waals surface area contributed by atoms with Gasteiger partial charge in [0.2, 0.25) is 0 Å². The Hall–Kier alpha value is -3.42. The molecule has 1 aromatic heterocycles. The molecule has 0 radical (unpaired) electrons. The molecule has 0 atom stereocenters. The average molecular weight is 412 g/mol. The molecule has 0 unspecified atom stereocenters. The molecule has 0 N–H and O–H groups in total. The number of aromatic nitrogens is 2. The highest BCUT2D eigenvalue weighted by molar-refractivity contribution is 6.00. The van der Waals surface area contributed by atoms with Crippen LogP contribution in [0.3, 0.4) is 0 Å². The number of carbonyl (C=O) groups is 2. The lowest BCUT2D eigenvalue weighted by molar-refractivity contribution is 0.0475. The zero-order valence-corrected chi connectivity index (χ0v) is 16.0. The Bertz CT molecular complexity index is 1220. The van der Waals surface area contributed by atoms with Crippen molar-refractivity contribution in [3.63, 3.8) is 0 Å². The second-order valence-corrected chi connectivity index (χ2v) is 7.16. The summed E-state index contributed by atoms with van der Waals surface area (Å²) >= 11 is 0. The van der Waals surface area contributed by atoms with Crippen LogP contribution in [0.1, 0.15) is 45.8 Å². The van der Waals surface area contributed by atoms with E-state index in [2.05, 4.69) is 4.98 Å². The number of nitrogens with zero attached hydrogens (tertiary/aromatic N) is 2. The Balaban J connectivity index is 1.54. The molecule has 0 amide bonds. The number of carbonyl (C=O) groups excluding carboxylic acids is 2. The first-order valence-corrected chi connectivity index (χ1v) is 9.63. The summed E-state index contributed by atoms with van der Waals surface area (Å²) < 4.78 is 32.9. The number of hydrogen-bond acceptors (Lipinski definition) is 5. The van der Waals surface area contributed by atoms with Gasteiger partial charge in [-0.1, -0.05) is 6.42 Å². The number of aryl methyl sites for hydroxylation is 1. The smallest absolute Gasteiger partial charge is 0.338 e. The zero-order valence-electron chi connectivity index (χ0n) is 16.0. The maximum Gasteiger partial charge on any atom is 0.338 e. The van der Waals surface area contributed by atoms with E-state index in [1.807, 2.05) is 0 Å². The van der Waals surface area contributed by atoms with Crippen LogP contribution < -0.4 is 5.56 Å². The highest BCUT2D eigenvalue weighted by atomic mass is 19.2. The van der Waals surface area contributed by atoms with Gasteiger partial charge in [0.25, 0.3) is 5.56 Å². The summed E-state index contributed by atoms with van der Waals surface area (Å²) in [5, 5.41) is 0.412. The lowest BCUT2D eigenvalue weighted by atomic mass is 10.1. The number of Topliss-reactive ketones (excluding diaryl/α,β-unsaturated/α-hetero) is 1. The van der Waals surface area contributed by atoms with Crippen molar-refractivity contribution in [2.75, 3.05) is 6.61 Å². The second kappa shape index (κ2) is 8.14. The molecule has 8 heteroatoms. The van der Waals surface area contributed by atoms with Crippen molar-refractivity contribution in [1.29, 1.82) is 0 Å². The number of rotatable bonds is 4. The number of benzene rings is 2. The first kappa shape index (κ1) is 19.9. The first-order valence-electron chi connectivity index (χ1n) is 9.63. The van der Waals surface area contributed by atoms with Gasteiger partial charge in [0.15, 0.2) is 24.0 Å². The molecule has 30 heavy (non-hydrogen) atoms. The third kappa shape index (κ3) is 3.85. The highest BCUT2D eigenvalue weighted by Crippen LogP contribution is 2.17. The molecule has 3 aromatic rings. The van der Waals surface area contributed by atoms with Gasteiger partial charge in [-0.15, -0.1) is 0 Å². The minimum Gasteiger partial charge on any atom is -0.454 e. The minimum atomic E-state index is -1.15. The van der Waals surface area contributed by atoms with Crippen molar-refractivity contribution in [3.05, 3.63) is 75.3 Å². The Labute approximate surface area is 170 Å². The number of esters is 1. The van der Waals surface area contributed by atoms with Gasteiger partial charge in [0.05, 0.1) is 16.5 Å². The van der Waals surface area contributed by atoms with E-state index in [-0.39, 0.29) is 16.7 Å². The third-order valence-electron chi connectivity index (χ3n) is 5.13. The largest absolute Gasteiger partial charge is 0.454 e. The van der Waals surface area contributed by atoms with Crippen LogP contribution in [0.5, 0.6) is 0 Å². The van der Waals surface area contributed by atoms with Crippen LogP contribution in [0.25, 0.3) is 10.9 Å². The molecule has 0 saturated carbocycles. The SMILES string of the molecule is O=C(COC(=O)c1ccc2c(=O)n3c(nc2c1)CCCCC3)c1ccc(F)c(F)c1. The van der Waals surface area contributed by atoms with Gasteiger partial charge in [-0.25, -0.2) is 18.6 Å². The summed E-state index contributed by atoms with van der Waals surface area (Å²) in [6, 6.07) is 7.14. The molecule has 6 nitrogen and oxygen atoms in total. The molecule has 0 fully saturated rings. The van der Waals surface area contributed by atoms with Crippen molar-refractivity contribution < 1.29 is 23.1 Å². The summed E-state index contributed by atoms with van der Waals surface area (Å²) in [7, 11) is 0. The number of fused-ring (bicyclic) bond motifs is 2. The van der Waals surface area contributed by atoms with Crippen LogP contribution in [0, 0.1) is 11.6 Å². The maximum atomic E-state index is 13.3. The Morgan fingerprint density at radius 1 is 1.00 bits per heavy atom. The van der Waals surface area contributed by atoms with Crippen LogP contribution in [0.15, 0.2) is 41.2 Å². The van der Waals surface area contributed by atoms with Crippen molar-refractivity contribution >= 4 is 22.7 Å². The van der Waals surface area contributed by atoms with Gasteiger partial charge in [-0.2, -0.15) is 0 Å². The predicted molar refractivity (Wildman–Crippen MR) is 105 cm³/mol. The molecule has 4 rings (SSSR count). The maximum absolute atomic E-state index is 13.3. The number of ketones is 1. The molecule has 0 saturated heterocycles. The molecule has 0 aliphatic carbocycles. The van der Waals surface area contributed by atoms with Crippen LogP contribution >= 0.6 is 0 Å². The molecule has 1 aliphatic heterocycles. The monoisotopic (exact) mass is 412 g/mol. The molecular formula is C22H18F2N2O4. The highest BCUT2D eigenvalue weighted by Gasteiger charge is 2.17. The predicted octanol–water partition coefficient (Wildman–Crippen LogP) is 3.44. The van der Waals surface area contributed by atoms with Crippen molar-refractivity contribution in [3.8, 4) is 0 Å². The third-order valence-corrected chi connectivity index (χ3v) is 5.13. The van der Waals surface area contributed by atoms with E-state index >= 15 is 0 Å². The van der Waals surface area contributed by atoms with Crippen molar-refractivity contribution in [2.45, 2.75) is 32.2 Å². The Morgan fingerprint density at radius 3 is 2.60 bits per heavy atom. The second-order valence-electron chi connectivity index (χ2n) is 7.16. The number of ether oxygens (including phenoxy) is 1. The fraction of sp³-hybridized carbons (Fsp3) is 0.273. The fourth-order valence-electron chi connectivity index (χ4n) is 3.51. The van der Waals surface area contributed by atoms with E-state index in [1.54, 1.807) is 4.57 Å². The summed E-state index contributed by atoms with van der Waals surface area (Å²) in [6.45, 7) is 0.00913. The van der Waals surface area contributed by atoms with E-state index in [1.165, 1.54) is 18.2 Å². The van der Waals surface area contributed by atoms with E-state index in [4.69, 9.17) is 4.74 Å². The zero-order chi connectivity index (χ0) is 21.3. The summed E-state index contributed by atoms with van der Waals surface area (Å²) in [5.41, 5.74) is 0.309. The first-order chi connectivity index (χ1) is 14.4. The van der Waals surface area contributed by atoms with Crippen LogP contribution in [0.2, 0.25) is 0 Å². The standard InChI is InChI=1S/C22H18F2N2O4/c23-16-8-6-13(10-17(16)24)19(27)12-30-22(29)14-5-7-15-18(11-14)25-20-4-2-1-3-9-26(20)21(15)28/h5-8,10-11H,1-4,9,12H2. The van der Waals surface area contributed by atoms with Crippen molar-refractivity contribution in [1.82, 2.24) is 9.55 Å². The van der Waals surface area contributed by atoms with E-state index in [0.29, 0.717) is 29.7 Å². The molecule has 0 bridgehead atoms. The van der Waals surface area contributed by atoms with Gasteiger partial charge in [-0.05, 0) is 49.2 Å². The van der Waals surface area contributed by atoms with Gasteiger partial charge in [-0.3, -0.25) is 14.2 Å². The van der Waals surface area contributed by atoms with Gasteiger partial charge < -0.3 is 4.74 Å². The molecule has 154 valence electrons. The average Bonchev–Trinajstić information content (AvgIpc) is 2.99. The van der Waals surface area contributed by atoms with E-state index in [0.717, 1.165) is 37.5 Å². The topological polar surface area (TPSA) is 78.3 Å². The van der Waals surface area contributed by atoms with Gasteiger partial charge in [0, 0.05) is 18.5 Å². The summed E-state index contributed by atoms with van der Waals surface area (Å²) in [6.07, 6.45) is 3.60. The Kier molecular flexibility index (Phi) is 5.39. The lowest BCUT2D eigenvalue weighted by Crippen LogP contribution is -2.24. The minimum absolute atomic E-state index is 0.0995. The van der Waals surface area contributed by atoms with Crippen LogP contribution in [-0.2, 0) is 17.7 Å². The molecule has 2 heterocycles. The quantitative estimate of drug-likeness (QED) is 0.485. The summed E-state index contributed by atoms with van der Waals surface area (Å²) in [4.78, 5) is 41.7. The summed E-state index contributed by atoms with van der Waals surface area (Å²) in [5.74, 6) is -2.96. The molecule has 1 aliphatic rings. The van der Waals surface area contributed by atoms with Crippen LogP contribution in [-0.4, -0.2) is 27.9 Å². The fourth-order valence-corrected chi connectivity index (χ4v) is 3.51. The van der Waals surface area contributed by atoms with Gasteiger partial charge in [0.1, 0.15) is 5.82 Å². The molecular weight excluding hydrogens is 394 g/mol. The normalized spacial score (nSPS) is 13.5. The van der Waals surface area contributed by atoms with E-state index in [9.17, 15) is 23.2 Å². The van der Waals surface area contributed by atoms with Crippen LogP contribution in [0.4, 0.5) is 8.78 Å². The van der Waals surface area contributed by atoms with E-state index < -0.39 is 30.0 Å². The number of hydrogen-bond donors (Lipinski definition) is 0. The number of halogens is 2. The molecule has 0 spiro atoms. The lowest BCUT2D eigenvalue weighted by Gasteiger charge is -2.11.